The van der Waals surface area contributed by atoms with E-state index in [0.29, 0.717) is 13.0 Å². The Labute approximate surface area is 138 Å². The van der Waals surface area contributed by atoms with E-state index in [1.54, 1.807) is 0 Å². The minimum absolute atomic E-state index is 0.0460. The minimum atomic E-state index is -0.843. The first-order chi connectivity index (χ1) is 10.7. The fourth-order valence-corrected chi connectivity index (χ4v) is 3.03. The van der Waals surface area contributed by atoms with Gasteiger partial charge in [0.05, 0.1) is 0 Å². The van der Waals surface area contributed by atoms with Crippen LogP contribution in [0.1, 0.15) is 57.2 Å². The Hall–Kier alpha value is -1.84. The van der Waals surface area contributed by atoms with Crippen molar-refractivity contribution in [1.29, 1.82) is 0 Å². The summed E-state index contributed by atoms with van der Waals surface area (Å²) in [6, 6.07) is 6.59. The zero-order valence-electron chi connectivity index (χ0n) is 14.6. The summed E-state index contributed by atoms with van der Waals surface area (Å²) in [6.45, 7) is 9.75. The largest absolute Gasteiger partial charge is 0.481 e. The summed E-state index contributed by atoms with van der Waals surface area (Å²) in [5.74, 6) is -0.906. The van der Waals surface area contributed by atoms with Crippen molar-refractivity contribution in [1.82, 2.24) is 4.90 Å². The highest BCUT2D eigenvalue weighted by Crippen LogP contribution is 2.28. The van der Waals surface area contributed by atoms with Gasteiger partial charge < -0.3 is 10.0 Å². The maximum absolute atomic E-state index is 12.4. The predicted octanol–water partition coefficient (Wildman–Crippen LogP) is 3.37. The maximum Gasteiger partial charge on any atom is 0.303 e. The molecule has 1 aliphatic heterocycles. The van der Waals surface area contributed by atoms with E-state index in [1.807, 2.05) is 11.8 Å². The van der Waals surface area contributed by atoms with E-state index < -0.39 is 5.97 Å². The van der Waals surface area contributed by atoms with Gasteiger partial charge in [0.1, 0.15) is 0 Å². The number of amides is 1. The van der Waals surface area contributed by atoms with Crippen molar-refractivity contribution in [3.8, 4) is 0 Å². The molecule has 0 saturated heterocycles. The Bertz CT molecular complexity index is 601. The number of fused-ring (bicyclic) bond motifs is 1. The summed E-state index contributed by atoms with van der Waals surface area (Å²) >= 11 is 0. The van der Waals surface area contributed by atoms with Crippen LogP contribution in [0.5, 0.6) is 0 Å². The van der Waals surface area contributed by atoms with Gasteiger partial charge in [-0.3, -0.25) is 9.59 Å². The third kappa shape index (κ3) is 4.57. The maximum atomic E-state index is 12.4. The van der Waals surface area contributed by atoms with Gasteiger partial charge >= 0.3 is 5.97 Å². The van der Waals surface area contributed by atoms with Gasteiger partial charge in [-0.1, -0.05) is 45.9 Å². The fourth-order valence-electron chi connectivity index (χ4n) is 3.03. The number of carboxylic acid groups (broad SMARTS) is 1. The molecule has 1 heterocycles. The highest BCUT2D eigenvalue weighted by molar-refractivity contribution is 5.77. The summed E-state index contributed by atoms with van der Waals surface area (Å²) in [7, 11) is 0. The Morgan fingerprint density at radius 1 is 1.22 bits per heavy atom. The third-order valence-electron chi connectivity index (χ3n) is 4.48. The molecular weight excluding hydrogens is 290 g/mol. The molecule has 0 bridgehead atoms. The van der Waals surface area contributed by atoms with Gasteiger partial charge in [0.15, 0.2) is 0 Å². The molecule has 0 saturated carbocycles. The number of carbonyl (C=O) groups is 2. The van der Waals surface area contributed by atoms with Crippen molar-refractivity contribution in [2.24, 2.45) is 5.92 Å². The SMILES string of the molecule is CC(CC(=O)O)CC(=O)N1CCc2ccc(C(C)(C)C)cc2C1. The molecule has 1 aliphatic rings. The fraction of sp³-hybridized carbons (Fsp3) is 0.579. The molecule has 0 radical (unpaired) electrons. The number of hydrogen-bond acceptors (Lipinski definition) is 2. The topological polar surface area (TPSA) is 57.6 Å². The number of carboxylic acids is 1. The normalized spacial score (nSPS) is 15.9. The van der Waals surface area contributed by atoms with Gasteiger partial charge in [-0.2, -0.15) is 0 Å². The summed E-state index contributed by atoms with van der Waals surface area (Å²) in [4.78, 5) is 25.0. The van der Waals surface area contributed by atoms with Gasteiger partial charge in [0.25, 0.3) is 0 Å². The second-order valence-electron chi connectivity index (χ2n) is 7.71. The minimum Gasteiger partial charge on any atom is -0.481 e. The van der Waals surface area contributed by atoms with Gasteiger partial charge in [-0.15, -0.1) is 0 Å². The number of carbonyl (C=O) groups excluding carboxylic acids is 1. The molecule has 1 atom stereocenters. The van der Waals surface area contributed by atoms with Crippen LogP contribution in [0.4, 0.5) is 0 Å². The van der Waals surface area contributed by atoms with E-state index in [1.165, 1.54) is 16.7 Å². The van der Waals surface area contributed by atoms with E-state index in [2.05, 4.69) is 39.0 Å². The Kier molecular flexibility index (Phi) is 5.12. The molecule has 0 aliphatic carbocycles. The number of benzene rings is 1. The van der Waals surface area contributed by atoms with E-state index in [9.17, 15) is 9.59 Å². The summed E-state index contributed by atoms with van der Waals surface area (Å²) < 4.78 is 0. The predicted molar refractivity (Wildman–Crippen MR) is 90.3 cm³/mol. The first kappa shape index (κ1) is 17.5. The van der Waals surface area contributed by atoms with Crippen molar-refractivity contribution in [3.63, 3.8) is 0 Å². The molecule has 1 aromatic rings. The zero-order chi connectivity index (χ0) is 17.2. The lowest BCUT2D eigenvalue weighted by atomic mass is 9.84. The number of aliphatic carboxylic acids is 1. The number of hydrogen-bond donors (Lipinski definition) is 1. The zero-order valence-corrected chi connectivity index (χ0v) is 14.6. The molecule has 1 amide bonds. The van der Waals surface area contributed by atoms with Crippen LogP contribution in [0.3, 0.4) is 0 Å². The molecule has 2 rings (SSSR count). The quantitative estimate of drug-likeness (QED) is 0.926. The third-order valence-corrected chi connectivity index (χ3v) is 4.48. The van der Waals surface area contributed by atoms with Gasteiger partial charge in [0, 0.05) is 25.9 Å². The van der Waals surface area contributed by atoms with Crippen molar-refractivity contribution < 1.29 is 14.7 Å². The first-order valence-corrected chi connectivity index (χ1v) is 8.28. The lowest BCUT2D eigenvalue weighted by Gasteiger charge is -2.31. The van der Waals surface area contributed by atoms with Crippen molar-refractivity contribution in [3.05, 3.63) is 34.9 Å². The lowest BCUT2D eigenvalue weighted by molar-refractivity contribution is -0.138. The van der Waals surface area contributed by atoms with Crippen LogP contribution in [0.15, 0.2) is 18.2 Å². The summed E-state index contributed by atoms with van der Waals surface area (Å²) in [5.41, 5.74) is 3.92. The highest BCUT2D eigenvalue weighted by atomic mass is 16.4. The molecule has 0 spiro atoms. The Morgan fingerprint density at radius 2 is 1.91 bits per heavy atom. The van der Waals surface area contributed by atoms with Crippen LogP contribution in [0.2, 0.25) is 0 Å². The monoisotopic (exact) mass is 317 g/mol. The Balaban J connectivity index is 2.07. The molecule has 1 N–H and O–H groups in total. The van der Waals surface area contributed by atoms with E-state index in [-0.39, 0.29) is 23.7 Å². The van der Waals surface area contributed by atoms with Crippen LogP contribution >= 0.6 is 0 Å². The van der Waals surface area contributed by atoms with Gasteiger partial charge in [0.2, 0.25) is 5.91 Å². The van der Waals surface area contributed by atoms with Crippen molar-refractivity contribution in [2.75, 3.05) is 6.54 Å². The van der Waals surface area contributed by atoms with Crippen LogP contribution in [0, 0.1) is 5.92 Å². The summed E-state index contributed by atoms with van der Waals surface area (Å²) in [6.07, 6.45) is 1.23. The molecule has 0 fully saturated rings. The first-order valence-electron chi connectivity index (χ1n) is 8.28. The number of rotatable bonds is 4. The Morgan fingerprint density at radius 3 is 2.52 bits per heavy atom. The van der Waals surface area contributed by atoms with Crippen LogP contribution < -0.4 is 0 Å². The van der Waals surface area contributed by atoms with Crippen LogP contribution in [-0.2, 0) is 28.0 Å². The summed E-state index contributed by atoms with van der Waals surface area (Å²) in [5, 5.41) is 8.82. The molecule has 0 aromatic heterocycles. The average Bonchev–Trinajstić information content (AvgIpc) is 2.44. The van der Waals surface area contributed by atoms with Gasteiger partial charge in [-0.25, -0.2) is 0 Å². The molecule has 1 unspecified atom stereocenters. The van der Waals surface area contributed by atoms with Crippen LogP contribution in [-0.4, -0.2) is 28.4 Å². The molecule has 126 valence electrons. The van der Waals surface area contributed by atoms with E-state index in [4.69, 9.17) is 5.11 Å². The van der Waals surface area contributed by atoms with Gasteiger partial charge in [-0.05, 0) is 34.4 Å². The van der Waals surface area contributed by atoms with Crippen LogP contribution in [0.25, 0.3) is 0 Å². The van der Waals surface area contributed by atoms with Crippen molar-refractivity contribution >= 4 is 11.9 Å². The lowest BCUT2D eigenvalue weighted by Crippen LogP contribution is -2.37. The van der Waals surface area contributed by atoms with Crippen molar-refractivity contribution in [2.45, 2.75) is 58.9 Å². The standard InChI is InChI=1S/C19H27NO3/c1-13(10-18(22)23)9-17(21)20-8-7-14-5-6-16(19(2,3)4)11-15(14)12-20/h5-6,11,13H,7-10,12H2,1-4H3,(H,22,23). The molecular formula is C19H27NO3. The van der Waals surface area contributed by atoms with E-state index >= 15 is 0 Å². The average molecular weight is 317 g/mol. The molecule has 4 nitrogen and oxygen atoms in total. The van der Waals surface area contributed by atoms with E-state index in [0.717, 1.165) is 13.0 Å². The highest BCUT2D eigenvalue weighted by Gasteiger charge is 2.24. The second-order valence-corrected chi connectivity index (χ2v) is 7.71. The smallest absolute Gasteiger partial charge is 0.303 e. The molecule has 4 heteroatoms. The number of nitrogens with zero attached hydrogens (tertiary/aromatic N) is 1. The second kappa shape index (κ2) is 6.73. The molecule has 1 aromatic carbocycles. The molecule has 23 heavy (non-hydrogen) atoms.